The van der Waals surface area contributed by atoms with Gasteiger partial charge in [-0.3, -0.25) is 0 Å². The normalized spacial score (nSPS) is 15.9. The number of aryl methyl sites for hydroxylation is 1. The van der Waals surface area contributed by atoms with Crippen molar-refractivity contribution in [1.29, 1.82) is 0 Å². The zero-order valence-electron chi connectivity index (χ0n) is 14.3. The Bertz CT molecular complexity index is 776. The topological polar surface area (TPSA) is 79.8 Å². The summed E-state index contributed by atoms with van der Waals surface area (Å²) in [6, 6.07) is 10.6. The molecule has 0 saturated heterocycles. The average molecular weight is 342 g/mol. The number of carbonyl (C=O) groups is 1. The summed E-state index contributed by atoms with van der Waals surface area (Å²) in [7, 11) is 3.11. The highest BCUT2D eigenvalue weighted by atomic mass is 16.5. The molecule has 1 aliphatic carbocycles. The van der Waals surface area contributed by atoms with E-state index in [1.807, 2.05) is 18.2 Å². The molecule has 1 atom stereocenters. The smallest absolute Gasteiger partial charge is 0.323 e. The van der Waals surface area contributed by atoms with Crippen molar-refractivity contribution in [3.63, 3.8) is 0 Å². The first-order valence-electron chi connectivity index (χ1n) is 8.19. The Labute approximate surface area is 146 Å². The summed E-state index contributed by atoms with van der Waals surface area (Å²) >= 11 is 0. The van der Waals surface area contributed by atoms with Gasteiger partial charge in [0.1, 0.15) is 0 Å². The van der Waals surface area contributed by atoms with Gasteiger partial charge in [0.05, 0.1) is 20.3 Å². The molecule has 1 aliphatic rings. The predicted octanol–water partition coefficient (Wildman–Crippen LogP) is 3.20. The summed E-state index contributed by atoms with van der Waals surface area (Å²) in [6.07, 6.45) is 1.78. The summed E-state index contributed by atoms with van der Waals surface area (Å²) < 4.78 is 10.4. The van der Waals surface area contributed by atoms with Crippen molar-refractivity contribution in [2.24, 2.45) is 0 Å². The first-order valence-corrected chi connectivity index (χ1v) is 8.19. The Kier molecular flexibility index (Phi) is 5.09. The lowest BCUT2D eigenvalue weighted by Crippen LogP contribution is -2.24. The van der Waals surface area contributed by atoms with Gasteiger partial charge in [0, 0.05) is 23.9 Å². The minimum absolute atomic E-state index is 0.347. The van der Waals surface area contributed by atoms with E-state index in [2.05, 4.69) is 10.6 Å². The molecule has 25 heavy (non-hydrogen) atoms. The molecule has 0 spiro atoms. The number of anilines is 2. The van der Waals surface area contributed by atoms with Crippen LogP contribution in [0, 0.1) is 0 Å². The van der Waals surface area contributed by atoms with E-state index >= 15 is 0 Å². The van der Waals surface area contributed by atoms with Gasteiger partial charge < -0.3 is 25.2 Å². The highest BCUT2D eigenvalue weighted by molar-refractivity contribution is 6.00. The van der Waals surface area contributed by atoms with Crippen LogP contribution < -0.4 is 20.1 Å². The van der Waals surface area contributed by atoms with E-state index in [9.17, 15) is 9.90 Å². The van der Waals surface area contributed by atoms with Crippen molar-refractivity contribution in [3.05, 3.63) is 47.5 Å². The third kappa shape index (κ3) is 3.85. The predicted molar refractivity (Wildman–Crippen MR) is 96.7 cm³/mol. The fraction of sp³-hybridized carbons (Fsp3) is 0.316. The van der Waals surface area contributed by atoms with Gasteiger partial charge in [0.2, 0.25) is 0 Å². The third-order valence-corrected chi connectivity index (χ3v) is 4.35. The van der Waals surface area contributed by atoms with Crippen molar-refractivity contribution in [2.75, 3.05) is 24.9 Å². The number of fused-ring (bicyclic) bond motifs is 1. The standard InChI is InChI=1S/C19H22N2O4/c1-24-17-9-7-13(10-18(17)25-2)20-19(23)21-16-5-3-4-12-6-8-14(22)11-15(12)16/h3-5,7,9-10,14,22H,6,8,11H2,1-2H3,(H2,20,21,23). The van der Waals surface area contributed by atoms with Gasteiger partial charge in [0.25, 0.3) is 0 Å². The first kappa shape index (κ1) is 17.1. The number of amides is 2. The zero-order valence-corrected chi connectivity index (χ0v) is 14.3. The van der Waals surface area contributed by atoms with E-state index < -0.39 is 0 Å². The first-order chi connectivity index (χ1) is 12.1. The molecule has 0 bridgehead atoms. The molecule has 6 heteroatoms. The number of methoxy groups -OCH3 is 2. The lowest BCUT2D eigenvalue weighted by molar-refractivity contribution is 0.159. The lowest BCUT2D eigenvalue weighted by atomic mass is 9.88. The number of ether oxygens (including phenoxy) is 2. The monoisotopic (exact) mass is 342 g/mol. The van der Waals surface area contributed by atoms with E-state index in [1.54, 1.807) is 32.4 Å². The minimum atomic E-state index is -0.357. The van der Waals surface area contributed by atoms with Gasteiger partial charge in [-0.25, -0.2) is 4.79 Å². The maximum Gasteiger partial charge on any atom is 0.323 e. The summed E-state index contributed by atoms with van der Waals surface area (Å²) in [5.41, 5.74) is 3.51. The molecular formula is C19H22N2O4. The van der Waals surface area contributed by atoms with Crippen LogP contribution in [0.15, 0.2) is 36.4 Å². The lowest BCUT2D eigenvalue weighted by Gasteiger charge is -2.23. The number of benzene rings is 2. The van der Waals surface area contributed by atoms with Crippen molar-refractivity contribution < 1.29 is 19.4 Å². The highest BCUT2D eigenvalue weighted by Crippen LogP contribution is 2.30. The van der Waals surface area contributed by atoms with Crippen LogP contribution in [0.25, 0.3) is 0 Å². The summed E-state index contributed by atoms with van der Waals surface area (Å²) in [6.45, 7) is 0. The van der Waals surface area contributed by atoms with Crippen LogP contribution in [0.3, 0.4) is 0 Å². The van der Waals surface area contributed by atoms with Crippen LogP contribution in [-0.2, 0) is 12.8 Å². The quantitative estimate of drug-likeness (QED) is 0.797. The van der Waals surface area contributed by atoms with Gasteiger partial charge in [-0.1, -0.05) is 12.1 Å². The van der Waals surface area contributed by atoms with E-state index in [1.165, 1.54) is 5.56 Å². The van der Waals surface area contributed by atoms with Crippen molar-refractivity contribution in [2.45, 2.75) is 25.4 Å². The molecule has 0 aliphatic heterocycles. The molecule has 3 rings (SSSR count). The number of rotatable bonds is 4. The number of hydrogen-bond donors (Lipinski definition) is 3. The second-order valence-corrected chi connectivity index (χ2v) is 5.99. The molecule has 1 unspecified atom stereocenters. The van der Waals surface area contributed by atoms with Crippen LogP contribution in [-0.4, -0.2) is 31.5 Å². The van der Waals surface area contributed by atoms with Crippen molar-refractivity contribution in [3.8, 4) is 11.5 Å². The number of hydrogen-bond acceptors (Lipinski definition) is 4. The van der Waals surface area contributed by atoms with Gasteiger partial charge in [-0.05, 0) is 42.2 Å². The Morgan fingerprint density at radius 2 is 1.92 bits per heavy atom. The third-order valence-electron chi connectivity index (χ3n) is 4.35. The molecule has 0 saturated carbocycles. The fourth-order valence-electron chi connectivity index (χ4n) is 3.09. The van der Waals surface area contributed by atoms with E-state index in [4.69, 9.17) is 9.47 Å². The highest BCUT2D eigenvalue weighted by Gasteiger charge is 2.20. The van der Waals surface area contributed by atoms with Gasteiger partial charge in [-0.15, -0.1) is 0 Å². The molecule has 0 fully saturated rings. The Morgan fingerprint density at radius 3 is 2.68 bits per heavy atom. The molecule has 2 aromatic rings. The number of carbonyl (C=O) groups excluding carboxylic acids is 1. The largest absolute Gasteiger partial charge is 0.493 e. The number of urea groups is 1. The second kappa shape index (κ2) is 7.44. The van der Waals surface area contributed by atoms with E-state index in [0.717, 1.165) is 24.1 Å². The molecule has 3 N–H and O–H groups in total. The zero-order chi connectivity index (χ0) is 17.8. The number of nitrogens with one attached hydrogen (secondary N) is 2. The Hall–Kier alpha value is -2.73. The molecule has 0 radical (unpaired) electrons. The molecule has 132 valence electrons. The SMILES string of the molecule is COc1ccc(NC(=O)Nc2cccc3c2CC(O)CC3)cc1OC. The molecular weight excluding hydrogens is 320 g/mol. The van der Waals surface area contributed by atoms with Gasteiger partial charge in [0.15, 0.2) is 11.5 Å². The summed E-state index contributed by atoms with van der Waals surface area (Å²) in [5, 5.41) is 15.6. The number of aliphatic hydroxyl groups excluding tert-OH is 1. The molecule has 6 nitrogen and oxygen atoms in total. The minimum Gasteiger partial charge on any atom is -0.493 e. The van der Waals surface area contributed by atoms with Crippen LogP contribution in [0.2, 0.25) is 0 Å². The molecule has 2 amide bonds. The van der Waals surface area contributed by atoms with Crippen LogP contribution in [0.5, 0.6) is 11.5 Å². The van der Waals surface area contributed by atoms with Gasteiger partial charge in [-0.2, -0.15) is 0 Å². The van der Waals surface area contributed by atoms with Crippen LogP contribution in [0.1, 0.15) is 17.5 Å². The van der Waals surface area contributed by atoms with Crippen molar-refractivity contribution >= 4 is 17.4 Å². The Balaban J connectivity index is 1.73. The van der Waals surface area contributed by atoms with E-state index in [-0.39, 0.29) is 12.1 Å². The maximum atomic E-state index is 12.3. The molecule has 0 heterocycles. The van der Waals surface area contributed by atoms with Crippen LogP contribution in [0.4, 0.5) is 16.2 Å². The van der Waals surface area contributed by atoms with Crippen LogP contribution >= 0.6 is 0 Å². The average Bonchev–Trinajstić information content (AvgIpc) is 2.62. The molecule has 2 aromatic carbocycles. The summed E-state index contributed by atoms with van der Waals surface area (Å²) in [5.74, 6) is 1.14. The van der Waals surface area contributed by atoms with Gasteiger partial charge >= 0.3 is 6.03 Å². The summed E-state index contributed by atoms with van der Waals surface area (Å²) in [4.78, 5) is 12.3. The maximum absolute atomic E-state index is 12.3. The second-order valence-electron chi connectivity index (χ2n) is 5.99. The molecule has 0 aromatic heterocycles. The fourth-order valence-corrected chi connectivity index (χ4v) is 3.09. The van der Waals surface area contributed by atoms with E-state index in [0.29, 0.717) is 23.6 Å². The van der Waals surface area contributed by atoms with Crippen molar-refractivity contribution in [1.82, 2.24) is 0 Å². The number of aliphatic hydroxyl groups is 1. The Morgan fingerprint density at radius 1 is 1.12 bits per heavy atom.